The fourth-order valence-electron chi connectivity index (χ4n) is 2.46. The van der Waals surface area contributed by atoms with Gasteiger partial charge in [0.1, 0.15) is 11.6 Å². The molecule has 0 aromatic heterocycles. The summed E-state index contributed by atoms with van der Waals surface area (Å²) in [5, 5.41) is 0. The van der Waals surface area contributed by atoms with Crippen molar-refractivity contribution in [1.82, 2.24) is 0 Å². The van der Waals surface area contributed by atoms with Crippen molar-refractivity contribution >= 4 is 11.6 Å². The van der Waals surface area contributed by atoms with Crippen LogP contribution < -0.4 is 0 Å². The molecule has 0 N–H and O–H groups in total. The number of carbonyl (C=O) groups is 2. The van der Waals surface area contributed by atoms with Crippen LogP contribution in [0.25, 0.3) is 0 Å². The highest BCUT2D eigenvalue weighted by Crippen LogP contribution is 2.15. The fraction of sp³-hybridized carbons (Fsp3) is 0.750. The third-order valence-corrected chi connectivity index (χ3v) is 3.47. The summed E-state index contributed by atoms with van der Waals surface area (Å²) in [6, 6.07) is 0. The van der Waals surface area contributed by atoms with Crippen molar-refractivity contribution in [2.45, 2.75) is 71.1 Å². The van der Waals surface area contributed by atoms with E-state index in [1.54, 1.807) is 0 Å². The molecule has 0 atom stereocenters. The van der Waals surface area contributed by atoms with Crippen LogP contribution in [0.1, 0.15) is 71.1 Å². The molecule has 0 amide bonds. The maximum atomic E-state index is 11.7. The summed E-state index contributed by atoms with van der Waals surface area (Å²) < 4.78 is 0. The maximum Gasteiger partial charge on any atom is 0.133 e. The van der Waals surface area contributed by atoms with Crippen LogP contribution >= 0.6 is 0 Å². The lowest BCUT2D eigenvalue weighted by Crippen LogP contribution is -2.10. The van der Waals surface area contributed by atoms with E-state index in [1.165, 1.54) is 0 Å². The lowest BCUT2D eigenvalue weighted by Gasteiger charge is -2.09. The van der Waals surface area contributed by atoms with Gasteiger partial charge < -0.3 is 0 Å². The molecule has 0 unspecified atom stereocenters. The highest BCUT2D eigenvalue weighted by molar-refractivity contribution is 5.81. The first-order chi connectivity index (χ1) is 8.68. The SMILES string of the molecule is CC1CC(=O)CCCC/C=C\CCCCC(=O)C1. The minimum absolute atomic E-state index is 0.230. The molecule has 1 aliphatic carbocycles. The number of Topliss-reactive ketones (excluding diaryl/α,β-unsaturated/α-hetero) is 2. The second-order valence-electron chi connectivity index (χ2n) is 5.55. The van der Waals surface area contributed by atoms with E-state index in [0.717, 1.165) is 38.5 Å². The molecule has 2 heteroatoms. The zero-order valence-corrected chi connectivity index (χ0v) is 11.6. The quantitative estimate of drug-likeness (QED) is 0.603. The van der Waals surface area contributed by atoms with E-state index in [1.807, 2.05) is 6.92 Å². The lowest BCUT2D eigenvalue weighted by atomic mass is 9.94. The van der Waals surface area contributed by atoms with Gasteiger partial charge in [0, 0.05) is 25.7 Å². The summed E-state index contributed by atoms with van der Waals surface area (Å²) in [5.74, 6) is 0.886. The Balaban J connectivity index is 2.41. The molecule has 18 heavy (non-hydrogen) atoms. The zero-order valence-electron chi connectivity index (χ0n) is 11.6. The van der Waals surface area contributed by atoms with E-state index in [2.05, 4.69) is 12.2 Å². The van der Waals surface area contributed by atoms with Gasteiger partial charge in [-0.3, -0.25) is 9.59 Å². The van der Waals surface area contributed by atoms with Crippen molar-refractivity contribution in [3.05, 3.63) is 12.2 Å². The third-order valence-electron chi connectivity index (χ3n) is 3.47. The first kappa shape index (κ1) is 15.1. The van der Waals surface area contributed by atoms with Gasteiger partial charge in [-0.1, -0.05) is 19.1 Å². The Hall–Kier alpha value is -0.920. The largest absolute Gasteiger partial charge is 0.300 e. The molecule has 0 aromatic rings. The molecule has 0 fully saturated rings. The Morgan fingerprint density at radius 3 is 1.72 bits per heavy atom. The van der Waals surface area contributed by atoms with Crippen LogP contribution in [0.15, 0.2) is 12.2 Å². The van der Waals surface area contributed by atoms with Crippen molar-refractivity contribution in [1.29, 1.82) is 0 Å². The van der Waals surface area contributed by atoms with E-state index in [9.17, 15) is 9.59 Å². The minimum atomic E-state index is 0.230. The third kappa shape index (κ3) is 7.41. The molecule has 0 spiro atoms. The van der Waals surface area contributed by atoms with Gasteiger partial charge >= 0.3 is 0 Å². The average molecular weight is 250 g/mol. The Morgan fingerprint density at radius 2 is 1.28 bits per heavy atom. The molecule has 2 nitrogen and oxygen atoms in total. The Bertz CT molecular complexity index is 263. The summed E-state index contributed by atoms with van der Waals surface area (Å²) in [6.07, 6.45) is 13.3. The predicted molar refractivity (Wildman–Crippen MR) is 74.5 cm³/mol. The molecule has 0 heterocycles. The molecule has 0 saturated heterocycles. The van der Waals surface area contributed by atoms with E-state index >= 15 is 0 Å². The topological polar surface area (TPSA) is 34.1 Å². The van der Waals surface area contributed by atoms with E-state index in [-0.39, 0.29) is 5.92 Å². The van der Waals surface area contributed by atoms with Gasteiger partial charge in [-0.15, -0.1) is 0 Å². The Labute approximate surface area is 111 Å². The van der Waals surface area contributed by atoms with Crippen molar-refractivity contribution in [3.8, 4) is 0 Å². The van der Waals surface area contributed by atoms with Crippen LogP contribution in [-0.4, -0.2) is 11.6 Å². The second kappa shape index (κ2) is 9.07. The zero-order chi connectivity index (χ0) is 13.2. The van der Waals surface area contributed by atoms with Gasteiger partial charge in [-0.25, -0.2) is 0 Å². The van der Waals surface area contributed by atoms with Crippen LogP contribution in [0.5, 0.6) is 0 Å². The number of hydrogen-bond donors (Lipinski definition) is 0. The molecule has 0 aliphatic heterocycles. The molecule has 102 valence electrons. The number of carbonyl (C=O) groups excluding carboxylic acids is 2. The molecule has 0 radical (unpaired) electrons. The van der Waals surface area contributed by atoms with Crippen LogP contribution in [0.3, 0.4) is 0 Å². The minimum Gasteiger partial charge on any atom is -0.300 e. The van der Waals surface area contributed by atoms with Crippen molar-refractivity contribution in [3.63, 3.8) is 0 Å². The van der Waals surface area contributed by atoms with Gasteiger partial charge in [-0.2, -0.15) is 0 Å². The fourth-order valence-corrected chi connectivity index (χ4v) is 2.46. The van der Waals surface area contributed by atoms with Gasteiger partial charge in [0.05, 0.1) is 0 Å². The normalized spacial score (nSPS) is 24.3. The van der Waals surface area contributed by atoms with Crippen LogP contribution in [0, 0.1) is 5.92 Å². The molecule has 0 saturated carbocycles. The van der Waals surface area contributed by atoms with Gasteiger partial charge in [0.2, 0.25) is 0 Å². The van der Waals surface area contributed by atoms with Gasteiger partial charge in [-0.05, 0) is 44.4 Å². The summed E-state index contributed by atoms with van der Waals surface area (Å²) >= 11 is 0. The monoisotopic (exact) mass is 250 g/mol. The molecule has 1 aliphatic rings. The smallest absolute Gasteiger partial charge is 0.133 e. The highest BCUT2D eigenvalue weighted by atomic mass is 16.1. The number of ketones is 2. The van der Waals surface area contributed by atoms with E-state index < -0.39 is 0 Å². The highest BCUT2D eigenvalue weighted by Gasteiger charge is 2.13. The van der Waals surface area contributed by atoms with Crippen molar-refractivity contribution in [2.24, 2.45) is 5.92 Å². The molecular weight excluding hydrogens is 224 g/mol. The van der Waals surface area contributed by atoms with Gasteiger partial charge in [0.15, 0.2) is 0 Å². The number of hydrogen-bond acceptors (Lipinski definition) is 2. The first-order valence-corrected chi connectivity index (χ1v) is 7.37. The summed E-state index contributed by atoms with van der Waals surface area (Å²) in [7, 11) is 0. The lowest BCUT2D eigenvalue weighted by molar-refractivity contribution is -0.121. The van der Waals surface area contributed by atoms with Crippen molar-refractivity contribution < 1.29 is 9.59 Å². The summed E-state index contributed by atoms with van der Waals surface area (Å²) in [4.78, 5) is 23.4. The Kier molecular flexibility index (Phi) is 7.63. The van der Waals surface area contributed by atoms with Crippen LogP contribution in [0.4, 0.5) is 0 Å². The Morgan fingerprint density at radius 1 is 0.833 bits per heavy atom. The molecule has 0 bridgehead atoms. The summed E-state index contributed by atoms with van der Waals surface area (Å²) in [5.41, 5.74) is 0. The number of allylic oxidation sites excluding steroid dienone is 2. The number of rotatable bonds is 0. The van der Waals surface area contributed by atoms with Crippen molar-refractivity contribution in [2.75, 3.05) is 0 Å². The second-order valence-corrected chi connectivity index (χ2v) is 5.55. The van der Waals surface area contributed by atoms with Gasteiger partial charge in [0.25, 0.3) is 0 Å². The van der Waals surface area contributed by atoms with E-state index in [0.29, 0.717) is 37.2 Å². The molecular formula is C16H26O2. The molecule has 1 rings (SSSR count). The average Bonchev–Trinajstić information content (AvgIpc) is 2.30. The maximum absolute atomic E-state index is 11.7. The van der Waals surface area contributed by atoms with E-state index in [4.69, 9.17) is 0 Å². The summed E-state index contributed by atoms with van der Waals surface area (Å²) in [6.45, 7) is 2.02. The first-order valence-electron chi connectivity index (χ1n) is 7.37. The van der Waals surface area contributed by atoms with Crippen LogP contribution in [0.2, 0.25) is 0 Å². The van der Waals surface area contributed by atoms with Crippen LogP contribution in [-0.2, 0) is 9.59 Å². The predicted octanol–water partition coefficient (Wildman–Crippen LogP) is 4.23. The molecule has 0 aromatic carbocycles. The standard InChI is InChI=1S/C16H26O2/c1-14-12-15(17)10-8-6-4-2-3-5-7-9-11-16(18)13-14/h2-3,14H,4-13H2,1H3/b3-2-.